The largest absolute Gasteiger partial charge is 0.338 e. The zero-order valence-corrected chi connectivity index (χ0v) is 12.3. The molecule has 1 aliphatic rings. The van der Waals surface area contributed by atoms with Gasteiger partial charge in [0.1, 0.15) is 6.33 Å². The van der Waals surface area contributed by atoms with Gasteiger partial charge in [-0.05, 0) is 26.1 Å². The second kappa shape index (κ2) is 4.66. The van der Waals surface area contributed by atoms with Gasteiger partial charge >= 0.3 is 0 Å². The fourth-order valence-electron chi connectivity index (χ4n) is 2.86. The Labute approximate surface area is 123 Å². The van der Waals surface area contributed by atoms with Crippen molar-refractivity contribution < 1.29 is 0 Å². The van der Waals surface area contributed by atoms with Crippen LogP contribution in [-0.4, -0.2) is 57.7 Å². The minimum atomic E-state index is 0.887. The average molecular weight is 282 g/mol. The van der Waals surface area contributed by atoms with Crippen LogP contribution in [0.2, 0.25) is 0 Å². The standard InChI is InChI=1S/C15H18N6/c1-11-3-4-13-12(9-11)14-16-10-17-21(14)15(18-13)20-7-5-19(2)6-8-20/h3-4,9-10H,5-8H2,1-2H3. The highest BCUT2D eigenvalue weighted by molar-refractivity contribution is 5.92. The van der Waals surface area contributed by atoms with Crippen LogP contribution in [0, 0.1) is 6.92 Å². The smallest absolute Gasteiger partial charge is 0.229 e. The molecule has 0 bridgehead atoms. The van der Waals surface area contributed by atoms with Crippen molar-refractivity contribution in [3.63, 3.8) is 0 Å². The lowest BCUT2D eigenvalue weighted by molar-refractivity contribution is 0.310. The number of hydrogen-bond donors (Lipinski definition) is 0. The molecule has 2 aromatic heterocycles. The number of likely N-dealkylation sites (N-methyl/N-ethyl adjacent to an activating group) is 1. The fraction of sp³-hybridized carbons (Fsp3) is 0.400. The third-order valence-corrected chi connectivity index (χ3v) is 4.14. The third-order valence-electron chi connectivity index (χ3n) is 4.14. The number of nitrogens with zero attached hydrogens (tertiary/aromatic N) is 6. The Bertz CT molecular complexity index is 800. The first-order valence-corrected chi connectivity index (χ1v) is 7.26. The molecule has 1 aromatic carbocycles. The van der Waals surface area contributed by atoms with Gasteiger partial charge in [-0.3, -0.25) is 0 Å². The summed E-state index contributed by atoms with van der Waals surface area (Å²) in [7, 11) is 2.15. The van der Waals surface area contributed by atoms with Crippen LogP contribution in [-0.2, 0) is 0 Å². The Morgan fingerprint density at radius 3 is 2.71 bits per heavy atom. The molecule has 0 saturated carbocycles. The Kier molecular flexibility index (Phi) is 2.78. The van der Waals surface area contributed by atoms with Gasteiger partial charge in [-0.2, -0.15) is 9.61 Å². The predicted octanol–water partition coefficient (Wildman–Crippen LogP) is 1.34. The molecule has 1 saturated heterocycles. The van der Waals surface area contributed by atoms with Crippen LogP contribution in [0.4, 0.5) is 5.95 Å². The van der Waals surface area contributed by atoms with E-state index in [2.05, 4.69) is 52.1 Å². The third kappa shape index (κ3) is 2.03. The van der Waals surface area contributed by atoms with Crippen LogP contribution in [0.5, 0.6) is 0 Å². The van der Waals surface area contributed by atoms with Gasteiger partial charge in [0.15, 0.2) is 5.65 Å². The van der Waals surface area contributed by atoms with Gasteiger partial charge in [-0.25, -0.2) is 9.97 Å². The molecule has 3 heterocycles. The van der Waals surface area contributed by atoms with Gasteiger partial charge in [-0.15, -0.1) is 0 Å². The van der Waals surface area contributed by atoms with Crippen molar-refractivity contribution in [3.05, 3.63) is 30.1 Å². The molecule has 0 atom stereocenters. The predicted molar refractivity (Wildman–Crippen MR) is 82.7 cm³/mol. The Hall–Kier alpha value is -2.21. The van der Waals surface area contributed by atoms with Crippen LogP contribution >= 0.6 is 0 Å². The molecular formula is C15H18N6. The maximum absolute atomic E-state index is 4.83. The minimum absolute atomic E-state index is 0.887. The SMILES string of the molecule is Cc1ccc2nc(N3CCN(C)CC3)n3ncnc3c2c1. The molecule has 0 spiro atoms. The zero-order valence-electron chi connectivity index (χ0n) is 12.3. The number of rotatable bonds is 1. The number of fused-ring (bicyclic) bond motifs is 3. The molecule has 0 aliphatic carbocycles. The molecule has 0 amide bonds. The molecule has 21 heavy (non-hydrogen) atoms. The molecule has 0 radical (unpaired) electrons. The van der Waals surface area contributed by atoms with Crippen LogP contribution in [0.25, 0.3) is 16.6 Å². The molecule has 3 aromatic rings. The first-order chi connectivity index (χ1) is 10.2. The summed E-state index contributed by atoms with van der Waals surface area (Å²) < 4.78 is 1.87. The lowest BCUT2D eigenvalue weighted by Gasteiger charge is -2.33. The lowest BCUT2D eigenvalue weighted by Crippen LogP contribution is -2.45. The quantitative estimate of drug-likeness (QED) is 0.674. The van der Waals surface area contributed by atoms with E-state index >= 15 is 0 Å². The van der Waals surface area contributed by atoms with Gasteiger partial charge in [0.25, 0.3) is 0 Å². The van der Waals surface area contributed by atoms with Crippen molar-refractivity contribution in [2.24, 2.45) is 0 Å². The van der Waals surface area contributed by atoms with E-state index in [0.29, 0.717) is 0 Å². The summed E-state index contributed by atoms with van der Waals surface area (Å²) in [4.78, 5) is 13.9. The van der Waals surface area contributed by atoms with E-state index in [0.717, 1.165) is 48.7 Å². The monoisotopic (exact) mass is 282 g/mol. The molecule has 6 heteroatoms. The zero-order chi connectivity index (χ0) is 14.4. The molecule has 0 unspecified atom stereocenters. The molecule has 4 rings (SSSR count). The van der Waals surface area contributed by atoms with Crippen molar-refractivity contribution in [2.75, 3.05) is 38.1 Å². The van der Waals surface area contributed by atoms with E-state index < -0.39 is 0 Å². The summed E-state index contributed by atoms with van der Waals surface area (Å²) in [6.45, 7) is 6.11. The molecule has 0 N–H and O–H groups in total. The second-order valence-corrected chi connectivity index (χ2v) is 5.72. The summed E-state index contributed by atoms with van der Waals surface area (Å²) in [6.07, 6.45) is 1.61. The van der Waals surface area contributed by atoms with Gasteiger partial charge in [0.2, 0.25) is 5.95 Å². The number of benzene rings is 1. The molecular weight excluding hydrogens is 264 g/mol. The normalized spacial score (nSPS) is 17.0. The van der Waals surface area contributed by atoms with E-state index in [1.54, 1.807) is 6.33 Å². The number of anilines is 1. The molecule has 108 valence electrons. The van der Waals surface area contributed by atoms with Crippen LogP contribution in [0.1, 0.15) is 5.56 Å². The van der Waals surface area contributed by atoms with E-state index in [4.69, 9.17) is 4.98 Å². The van der Waals surface area contributed by atoms with E-state index in [-0.39, 0.29) is 0 Å². The van der Waals surface area contributed by atoms with Gasteiger partial charge in [-0.1, -0.05) is 11.6 Å². The maximum atomic E-state index is 4.83. The second-order valence-electron chi connectivity index (χ2n) is 5.72. The van der Waals surface area contributed by atoms with E-state index in [9.17, 15) is 0 Å². The summed E-state index contributed by atoms with van der Waals surface area (Å²) in [5.74, 6) is 0.895. The first kappa shape index (κ1) is 12.5. The summed E-state index contributed by atoms with van der Waals surface area (Å²) in [5, 5.41) is 5.44. The summed E-state index contributed by atoms with van der Waals surface area (Å²) in [5.41, 5.74) is 3.08. The maximum Gasteiger partial charge on any atom is 0.229 e. The minimum Gasteiger partial charge on any atom is -0.338 e. The van der Waals surface area contributed by atoms with E-state index in [1.165, 1.54) is 5.56 Å². The van der Waals surface area contributed by atoms with Gasteiger partial charge in [0, 0.05) is 31.6 Å². The van der Waals surface area contributed by atoms with Crippen LogP contribution < -0.4 is 4.90 Å². The van der Waals surface area contributed by atoms with Crippen molar-refractivity contribution >= 4 is 22.5 Å². The van der Waals surface area contributed by atoms with E-state index in [1.807, 2.05) is 4.52 Å². The number of aryl methyl sites for hydroxylation is 1. The molecule has 1 aliphatic heterocycles. The van der Waals surface area contributed by atoms with Crippen LogP contribution in [0.15, 0.2) is 24.5 Å². The Morgan fingerprint density at radius 2 is 1.90 bits per heavy atom. The van der Waals surface area contributed by atoms with Gasteiger partial charge in [0.05, 0.1) is 5.52 Å². The highest BCUT2D eigenvalue weighted by Crippen LogP contribution is 2.23. The number of piperazine rings is 1. The van der Waals surface area contributed by atoms with Crippen molar-refractivity contribution in [1.29, 1.82) is 0 Å². The Balaban J connectivity index is 1.91. The fourth-order valence-corrected chi connectivity index (χ4v) is 2.86. The number of hydrogen-bond acceptors (Lipinski definition) is 5. The molecule has 1 fully saturated rings. The molecule has 6 nitrogen and oxygen atoms in total. The lowest BCUT2D eigenvalue weighted by atomic mass is 10.1. The van der Waals surface area contributed by atoms with Crippen molar-refractivity contribution in [1.82, 2.24) is 24.5 Å². The highest BCUT2D eigenvalue weighted by atomic mass is 15.4. The summed E-state index contributed by atoms with van der Waals surface area (Å²) >= 11 is 0. The van der Waals surface area contributed by atoms with Crippen LogP contribution in [0.3, 0.4) is 0 Å². The summed E-state index contributed by atoms with van der Waals surface area (Å²) in [6, 6.07) is 6.29. The highest BCUT2D eigenvalue weighted by Gasteiger charge is 2.20. The van der Waals surface area contributed by atoms with Gasteiger partial charge < -0.3 is 9.80 Å². The topological polar surface area (TPSA) is 49.6 Å². The first-order valence-electron chi connectivity index (χ1n) is 7.26. The Morgan fingerprint density at radius 1 is 1.10 bits per heavy atom. The average Bonchev–Trinajstić information content (AvgIpc) is 2.97. The van der Waals surface area contributed by atoms with Crippen molar-refractivity contribution in [2.45, 2.75) is 6.92 Å². The number of aromatic nitrogens is 4. The van der Waals surface area contributed by atoms with Crippen molar-refractivity contribution in [3.8, 4) is 0 Å².